The molecule has 0 spiro atoms. The van der Waals surface area contributed by atoms with Crippen LogP contribution in [0, 0.1) is 17.0 Å². The highest BCUT2D eigenvalue weighted by molar-refractivity contribution is 5.96. The first-order chi connectivity index (χ1) is 15.4. The van der Waals surface area contributed by atoms with E-state index >= 15 is 0 Å². The van der Waals surface area contributed by atoms with Crippen LogP contribution in [-0.4, -0.2) is 67.1 Å². The van der Waals surface area contributed by atoms with Crippen LogP contribution in [0.1, 0.15) is 5.56 Å². The van der Waals surface area contributed by atoms with Crippen molar-refractivity contribution in [3.05, 3.63) is 58.1 Å². The summed E-state index contributed by atoms with van der Waals surface area (Å²) in [7, 11) is 0. The third-order valence-corrected chi connectivity index (χ3v) is 5.42. The first-order valence-electron chi connectivity index (χ1n) is 10.3. The lowest BCUT2D eigenvalue weighted by Crippen LogP contribution is -2.53. The molecule has 2 aliphatic heterocycles. The van der Waals surface area contributed by atoms with Gasteiger partial charge in [-0.15, -0.1) is 0 Å². The van der Waals surface area contributed by atoms with E-state index in [4.69, 9.17) is 9.47 Å². The minimum absolute atomic E-state index is 0.0850. The molecule has 2 heterocycles. The van der Waals surface area contributed by atoms with E-state index in [0.29, 0.717) is 37.7 Å². The number of anilines is 2. The Bertz CT molecular complexity index is 1040. The van der Waals surface area contributed by atoms with E-state index < -0.39 is 16.9 Å². The second kappa shape index (κ2) is 9.23. The Balaban J connectivity index is 1.51. The molecule has 0 saturated carbocycles. The van der Waals surface area contributed by atoms with Gasteiger partial charge in [0.05, 0.1) is 36.9 Å². The van der Waals surface area contributed by atoms with Crippen LogP contribution in [0.25, 0.3) is 0 Å². The van der Waals surface area contributed by atoms with Crippen LogP contribution < -0.4 is 15.0 Å². The summed E-state index contributed by atoms with van der Waals surface area (Å²) in [6.07, 6.45) is -0.760. The van der Waals surface area contributed by atoms with E-state index in [9.17, 15) is 19.7 Å². The van der Waals surface area contributed by atoms with Gasteiger partial charge in [0.1, 0.15) is 11.4 Å². The number of nitrogens with one attached hydrogen (secondary N) is 1. The summed E-state index contributed by atoms with van der Waals surface area (Å²) in [4.78, 5) is 40.1. The van der Waals surface area contributed by atoms with E-state index in [0.717, 1.165) is 5.56 Å². The molecule has 0 aromatic heterocycles. The lowest BCUT2D eigenvalue weighted by Gasteiger charge is -2.38. The van der Waals surface area contributed by atoms with Crippen LogP contribution in [0.5, 0.6) is 5.75 Å². The zero-order chi connectivity index (χ0) is 22.7. The van der Waals surface area contributed by atoms with E-state index in [-0.39, 0.29) is 30.4 Å². The standard InChI is InChI=1S/C22H24N4O6/c1-15-6-7-16(18(12-15)26(29)30)23-21(27)14-25-13-20(22(28)24-8-10-31-11-9-24)32-19-5-3-2-4-17(19)25/h2-7,12,20H,8-11,13-14H2,1H3,(H,23,27)/t20-/m0/s1. The van der Waals surface area contributed by atoms with Crippen molar-refractivity contribution >= 4 is 28.9 Å². The smallest absolute Gasteiger partial charge is 0.293 e. The Hall–Kier alpha value is -3.66. The van der Waals surface area contributed by atoms with Crippen LogP contribution in [0.15, 0.2) is 42.5 Å². The van der Waals surface area contributed by atoms with Gasteiger partial charge in [0.2, 0.25) is 5.91 Å². The van der Waals surface area contributed by atoms with Gasteiger partial charge >= 0.3 is 0 Å². The Morgan fingerprint density at radius 2 is 1.94 bits per heavy atom. The van der Waals surface area contributed by atoms with Crippen molar-refractivity contribution in [2.24, 2.45) is 0 Å². The number of nitro groups is 1. The highest BCUT2D eigenvalue weighted by atomic mass is 16.6. The number of fused-ring (bicyclic) bond motifs is 1. The number of morpholine rings is 1. The predicted molar refractivity (Wildman–Crippen MR) is 117 cm³/mol. The summed E-state index contributed by atoms with van der Waals surface area (Å²) in [6.45, 7) is 3.81. The number of hydrogen-bond donors (Lipinski definition) is 1. The fourth-order valence-electron chi connectivity index (χ4n) is 3.83. The molecule has 2 amide bonds. The van der Waals surface area contributed by atoms with Crippen molar-refractivity contribution < 1.29 is 24.0 Å². The first-order valence-corrected chi connectivity index (χ1v) is 10.3. The Morgan fingerprint density at radius 3 is 2.69 bits per heavy atom. The van der Waals surface area contributed by atoms with Crippen LogP contribution in [0.2, 0.25) is 0 Å². The SMILES string of the molecule is Cc1ccc(NC(=O)CN2C[C@@H](C(=O)N3CCOCC3)Oc3ccccc32)c([N+](=O)[O-])c1. The molecule has 10 nitrogen and oxygen atoms in total. The average Bonchev–Trinajstić information content (AvgIpc) is 2.80. The van der Waals surface area contributed by atoms with Gasteiger partial charge in [0.15, 0.2) is 6.10 Å². The normalized spacial score (nSPS) is 17.8. The summed E-state index contributed by atoms with van der Waals surface area (Å²) < 4.78 is 11.3. The van der Waals surface area contributed by atoms with E-state index in [2.05, 4.69) is 5.32 Å². The number of nitro benzene ring substituents is 1. The Kier molecular flexibility index (Phi) is 6.22. The van der Waals surface area contributed by atoms with Crippen LogP contribution in [0.3, 0.4) is 0 Å². The molecule has 0 aliphatic carbocycles. The van der Waals surface area contributed by atoms with Gasteiger partial charge in [-0.1, -0.05) is 18.2 Å². The van der Waals surface area contributed by atoms with E-state index in [1.165, 1.54) is 12.1 Å². The molecule has 168 valence electrons. The summed E-state index contributed by atoms with van der Waals surface area (Å²) in [5, 5.41) is 14.0. The fourth-order valence-corrected chi connectivity index (χ4v) is 3.83. The van der Waals surface area contributed by atoms with Gasteiger partial charge in [-0.25, -0.2) is 0 Å². The molecule has 2 aliphatic rings. The molecule has 1 fully saturated rings. The molecule has 0 unspecified atom stereocenters. The van der Waals surface area contributed by atoms with E-state index in [1.54, 1.807) is 34.9 Å². The number of rotatable bonds is 5. The number of amides is 2. The average molecular weight is 440 g/mol. The zero-order valence-corrected chi connectivity index (χ0v) is 17.7. The molecular formula is C22H24N4O6. The fraction of sp³-hybridized carbons (Fsp3) is 0.364. The molecule has 0 radical (unpaired) electrons. The summed E-state index contributed by atoms with van der Waals surface area (Å²) in [6, 6.07) is 11.8. The Labute approximate surface area is 184 Å². The summed E-state index contributed by atoms with van der Waals surface area (Å²) >= 11 is 0. The van der Waals surface area contributed by atoms with Crippen molar-refractivity contribution in [3.8, 4) is 5.75 Å². The van der Waals surface area contributed by atoms with Gasteiger partial charge in [-0.3, -0.25) is 19.7 Å². The minimum Gasteiger partial charge on any atom is -0.477 e. The first kappa shape index (κ1) is 21.6. The van der Waals surface area contributed by atoms with Gasteiger partial charge in [0.25, 0.3) is 11.6 Å². The minimum atomic E-state index is -0.760. The van der Waals surface area contributed by atoms with Crippen LogP contribution in [0.4, 0.5) is 17.1 Å². The number of carbonyl (C=O) groups is 2. The number of benzene rings is 2. The van der Waals surface area contributed by atoms with Crippen LogP contribution in [-0.2, 0) is 14.3 Å². The van der Waals surface area contributed by atoms with Crippen molar-refractivity contribution in [3.63, 3.8) is 0 Å². The topological polar surface area (TPSA) is 114 Å². The second-order valence-corrected chi connectivity index (χ2v) is 7.72. The molecule has 32 heavy (non-hydrogen) atoms. The second-order valence-electron chi connectivity index (χ2n) is 7.72. The van der Waals surface area contributed by atoms with Crippen LogP contribution >= 0.6 is 0 Å². The maximum Gasteiger partial charge on any atom is 0.293 e. The molecule has 1 atom stereocenters. The van der Waals surface area contributed by atoms with Crippen molar-refractivity contribution in [1.82, 2.24) is 4.90 Å². The summed E-state index contributed by atoms with van der Waals surface area (Å²) in [5.74, 6) is -0.0620. The quantitative estimate of drug-likeness (QED) is 0.558. The van der Waals surface area contributed by atoms with Gasteiger partial charge in [-0.2, -0.15) is 0 Å². The number of aryl methyl sites for hydroxylation is 1. The van der Waals surface area contributed by atoms with Gasteiger partial charge in [0, 0.05) is 19.2 Å². The molecule has 10 heteroatoms. The molecule has 1 saturated heterocycles. The monoisotopic (exact) mass is 440 g/mol. The van der Waals surface area contributed by atoms with Gasteiger partial charge < -0.3 is 24.6 Å². The number of carbonyl (C=O) groups excluding carboxylic acids is 2. The summed E-state index contributed by atoms with van der Waals surface area (Å²) in [5.41, 5.74) is 1.38. The highest BCUT2D eigenvalue weighted by Gasteiger charge is 2.34. The number of nitrogens with zero attached hydrogens (tertiary/aromatic N) is 3. The number of ether oxygens (including phenoxy) is 2. The number of hydrogen-bond acceptors (Lipinski definition) is 7. The third kappa shape index (κ3) is 4.65. The molecule has 2 aromatic rings. The number of para-hydroxylation sites is 2. The predicted octanol–water partition coefficient (Wildman–Crippen LogP) is 1.97. The van der Waals surface area contributed by atoms with Crippen molar-refractivity contribution in [2.45, 2.75) is 13.0 Å². The molecule has 0 bridgehead atoms. The Morgan fingerprint density at radius 1 is 1.19 bits per heavy atom. The lowest BCUT2D eigenvalue weighted by molar-refractivity contribution is -0.384. The molecule has 1 N–H and O–H groups in total. The lowest BCUT2D eigenvalue weighted by atomic mass is 10.1. The largest absolute Gasteiger partial charge is 0.477 e. The van der Waals surface area contributed by atoms with Crippen molar-refractivity contribution in [2.75, 3.05) is 49.6 Å². The molecule has 2 aromatic carbocycles. The molecular weight excluding hydrogens is 416 g/mol. The van der Waals surface area contributed by atoms with Crippen molar-refractivity contribution in [1.29, 1.82) is 0 Å². The third-order valence-electron chi connectivity index (χ3n) is 5.42. The highest BCUT2D eigenvalue weighted by Crippen LogP contribution is 2.33. The zero-order valence-electron chi connectivity index (χ0n) is 17.7. The molecule has 4 rings (SSSR count). The van der Waals surface area contributed by atoms with E-state index in [1.807, 2.05) is 12.1 Å². The maximum atomic E-state index is 13.0. The van der Waals surface area contributed by atoms with Gasteiger partial charge in [-0.05, 0) is 30.7 Å². The maximum absolute atomic E-state index is 13.0.